The largest absolute Gasteiger partial charge is 0.393 e. The SMILES string of the molecule is Nc1cc(F)c(C#CCCl)cc1[N+](=O)[O-]. The number of nitrogens with two attached hydrogens (primary N) is 1. The van der Waals surface area contributed by atoms with Crippen LogP contribution in [0.15, 0.2) is 12.1 Å². The van der Waals surface area contributed by atoms with Gasteiger partial charge in [0.05, 0.1) is 16.4 Å². The molecule has 0 aliphatic heterocycles. The van der Waals surface area contributed by atoms with Crippen molar-refractivity contribution < 1.29 is 9.31 Å². The highest BCUT2D eigenvalue weighted by Crippen LogP contribution is 2.24. The first-order chi connectivity index (χ1) is 7.06. The molecule has 0 saturated carbocycles. The van der Waals surface area contributed by atoms with Crippen LogP contribution < -0.4 is 5.73 Å². The third-order valence-corrected chi connectivity index (χ3v) is 1.74. The molecule has 0 atom stereocenters. The molecule has 1 aromatic rings. The first-order valence-corrected chi connectivity index (χ1v) is 4.38. The number of benzene rings is 1. The summed E-state index contributed by atoms with van der Waals surface area (Å²) in [6.45, 7) is 0. The third kappa shape index (κ3) is 2.58. The normalized spacial score (nSPS) is 9.20. The van der Waals surface area contributed by atoms with E-state index in [-0.39, 0.29) is 22.8 Å². The molecule has 15 heavy (non-hydrogen) atoms. The number of anilines is 1. The van der Waals surface area contributed by atoms with Crippen LogP contribution in [0.25, 0.3) is 0 Å². The first kappa shape index (κ1) is 11.3. The molecule has 0 spiro atoms. The molecule has 4 nitrogen and oxygen atoms in total. The zero-order chi connectivity index (χ0) is 11.4. The van der Waals surface area contributed by atoms with Crippen molar-refractivity contribution in [1.29, 1.82) is 0 Å². The molecule has 0 unspecified atom stereocenters. The van der Waals surface area contributed by atoms with Gasteiger partial charge in [-0.25, -0.2) is 4.39 Å². The minimum atomic E-state index is -0.698. The molecule has 6 heteroatoms. The van der Waals surface area contributed by atoms with Crippen molar-refractivity contribution >= 4 is 23.0 Å². The standard InChI is InChI=1S/C9H6ClFN2O2/c10-3-1-2-6-4-9(13(14)15)8(12)5-7(6)11/h4-5H,3,12H2. The maximum absolute atomic E-state index is 13.2. The van der Waals surface area contributed by atoms with Gasteiger partial charge in [0.1, 0.15) is 11.5 Å². The summed E-state index contributed by atoms with van der Waals surface area (Å²) in [5.41, 5.74) is 4.58. The molecule has 0 aliphatic carbocycles. The second-order valence-corrected chi connectivity index (χ2v) is 2.85. The lowest BCUT2D eigenvalue weighted by atomic mass is 10.1. The van der Waals surface area contributed by atoms with Gasteiger partial charge in [0.15, 0.2) is 0 Å². The fourth-order valence-corrected chi connectivity index (χ4v) is 1.03. The Kier molecular flexibility index (Phi) is 3.47. The molecule has 0 bridgehead atoms. The van der Waals surface area contributed by atoms with Crippen molar-refractivity contribution in [2.75, 3.05) is 11.6 Å². The molecule has 1 aromatic carbocycles. The molecule has 0 radical (unpaired) electrons. The molecule has 0 amide bonds. The number of hydrogen-bond acceptors (Lipinski definition) is 3. The van der Waals surface area contributed by atoms with E-state index in [9.17, 15) is 14.5 Å². The van der Waals surface area contributed by atoms with Crippen molar-refractivity contribution in [2.45, 2.75) is 0 Å². The quantitative estimate of drug-likeness (QED) is 0.262. The van der Waals surface area contributed by atoms with E-state index in [0.717, 1.165) is 12.1 Å². The molecule has 0 aliphatic rings. The van der Waals surface area contributed by atoms with Gasteiger partial charge in [-0.1, -0.05) is 11.8 Å². The summed E-state index contributed by atoms with van der Waals surface area (Å²) in [6.07, 6.45) is 0. The lowest BCUT2D eigenvalue weighted by molar-refractivity contribution is -0.384. The Morgan fingerprint density at radius 2 is 2.27 bits per heavy atom. The Labute approximate surface area is 90.0 Å². The molecular weight excluding hydrogens is 223 g/mol. The number of rotatable bonds is 1. The van der Waals surface area contributed by atoms with Gasteiger partial charge in [0, 0.05) is 12.1 Å². The molecule has 0 fully saturated rings. The average Bonchev–Trinajstić information content (AvgIpc) is 2.16. The highest BCUT2D eigenvalue weighted by molar-refractivity contribution is 6.19. The van der Waals surface area contributed by atoms with Crippen molar-refractivity contribution in [1.82, 2.24) is 0 Å². The number of alkyl halides is 1. The van der Waals surface area contributed by atoms with Crippen LogP contribution >= 0.6 is 11.6 Å². The Bertz CT molecular complexity index is 465. The van der Waals surface area contributed by atoms with Crippen LogP contribution in [0.1, 0.15) is 5.56 Å². The van der Waals surface area contributed by atoms with Gasteiger partial charge in [-0.2, -0.15) is 0 Å². The smallest absolute Gasteiger partial charge is 0.293 e. The Hall–Kier alpha value is -1.80. The fourth-order valence-electron chi connectivity index (χ4n) is 0.960. The van der Waals surface area contributed by atoms with Crippen molar-refractivity contribution in [2.24, 2.45) is 0 Å². The van der Waals surface area contributed by atoms with Gasteiger partial charge in [0.2, 0.25) is 0 Å². The number of nitro benzene ring substituents is 1. The van der Waals surface area contributed by atoms with Gasteiger partial charge >= 0.3 is 0 Å². The molecule has 2 N–H and O–H groups in total. The van der Waals surface area contributed by atoms with E-state index in [2.05, 4.69) is 11.8 Å². The zero-order valence-electron chi connectivity index (χ0n) is 7.46. The van der Waals surface area contributed by atoms with E-state index in [4.69, 9.17) is 17.3 Å². The van der Waals surface area contributed by atoms with E-state index in [1.807, 2.05) is 0 Å². The molecule has 1 rings (SSSR count). The molecular formula is C9H6ClFN2O2. The van der Waals surface area contributed by atoms with Gasteiger partial charge in [0.25, 0.3) is 5.69 Å². The number of nitro groups is 1. The number of nitrogen functional groups attached to an aromatic ring is 1. The van der Waals surface area contributed by atoms with E-state index < -0.39 is 10.7 Å². The van der Waals surface area contributed by atoms with Crippen molar-refractivity contribution in [3.63, 3.8) is 0 Å². The maximum Gasteiger partial charge on any atom is 0.293 e. The van der Waals surface area contributed by atoms with Crippen LogP contribution in [0.4, 0.5) is 15.8 Å². The van der Waals surface area contributed by atoms with Gasteiger partial charge in [-0.15, -0.1) is 11.6 Å². The lowest BCUT2D eigenvalue weighted by Crippen LogP contribution is -1.98. The second kappa shape index (κ2) is 4.62. The average molecular weight is 229 g/mol. The number of hydrogen-bond donors (Lipinski definition) is 1. The van der Waals surface area contributed by atoms with Crippen molar-refractivity contribution in [3.05, 3.63) is 33.6 Å². The first-order valence-electron chi connectivity index (χ1n) is 3.84. The predicted molar refractivity (Wildman–Crippen MR) is 55.1 cm³/mol. The van der Waals surface area contributed by atoms with Crippen LogP contribution in [0, 0.1) is 27.8 Å². The Balaban J connectivity index is 3.29. The predicted octanol–water partition coefficient (Wildman–Crippen LogP) is 1.91. The molecule has 78 valence electrons. The lowest BCUT2D eigenvalue weighted by Gasteiger charge is -1.99. The van der Waals surface area contributed by atoms with Gasteiger partial charge in [-0.05, 0) is 0 Å². The Morgan fingerprint density at radius 3 is 2.80 bits per heavy atom. The van der Waals surface area contributed by atoms with Crippen LogP contribution in [0.3, 0.4) is 0 Å². The number of halogens is 2. The Morgan fingerprint density at radius 1 is 1.60 bits per heavy atom. The van der Waals surface area contributed by atoms with Gasteiger partial charge in [-0.3, -0.25) is 10.1 Å². The number of nitrogens with zero attached hydrogens (tertiary/aromatic N) is 1. The molecule has 0 saturated heterocycles. The zero-order valence-corrected chi connectivity index (χ0v) is 8.21. The minimum absolute atomic E-state index is 0.0254. The van der Waals surface area contributed by atoms with Gasteiger partial charge < -0.3 is 5.73 Å². The summed E-state index contributed by atoms with van der Waals surface area (Å²) < 4.78 is 13.2. The summed E-state index contributed by atoms with van der Waals surface area (Å²) in [6, 6.07) is 1.86. The molecule has 0 aromatic heterocycles. The highest BCUT2D eigenvalue weighted by Gasteiger charge is 2.14. The van der Waals surface area contributed by atoms with E-state index in [1.165, 1.54) is 0 Å². The topological polar surface area (TPSA) is 69.2 Å². The monoisotopic (exact) mass is 228 g/mol. The highest BCUT2D eigenvalue weighted by atomic mass is 35.5. The minimum Gasteiger partial charge on any atom is -0.393 e. The van der Waals surface area contributed by atoms with Crippen LogP contribution in [-0.4, -0.2) is 10.8 Å². The maximum atomic E-state index is 13.2. The van der Waals surface area contributed by atoms with Crippen LogP contribution in [0.5, 0.6) is 0 Å². The summed E-state index contributed by atoms with van der Waals surface area (Å²) in [7, 11) is 0. The van der Waals surface area contributed by atoms with Crippen LogP contribution in [-0.2, 0) is 0 Å². The van der Waals surface area contributed by atoms with Crippen molar-refractivity contribution in [3.8, 4) is 11.8 Å². The third-order valence-electron chi connectivity index (χ3n) is 1.60. The summed E-state index contributed by atoms with van der Waals surface area (Å²) >= 11 is 5.28. The van der Waals surface area contributed by atoms with Crippen LogP contribution in [0.2, 0.25) is 0 Å². The summed E-state index contributed by atoms with van der Waals surface area (Å²) in [5.74, 6) is 4.10. The molecule has 0 heterocycles. The fraction of sp³-hybridized carbons (Fsp3) is 0.111. The van der Waals surface area contributed by atoms with E-state index in [1.54, 1.807) is 0 Å². The van der Waals surface area contributed by atoms with E-state index in [0.29, 0.717) is 0 Å². The summed E-state index contributed by atoms with van der Waals surface area (Å²) in [4.78, 5) is 9.79. The second-order valence-electron chi connectivity index (χ2n) is 2.58. The summed E-state index contributed by atoms with van der Waals surface area (Å²) in [5, 5.41) is 10.5. The van der Waals surface area contributed by atoms with E-state index >= 15 is 0 Å².